The SMILES string of the molecule is CCc1ccc([C@H](CNC(=O)/C=C/c2ccco2)N(C)C)cc1. The van der Waals surface area contributed by atoms with Gasteiger partial charge in [-0.05, 0) is 49.9 Å². The quantitative estimate of drug-likeness (QED) is 0.798. The second-order valence-corrected chi connectivity index (χ2v) is 5.67. The molecule has 1 atom stereocenters. The maximum atomic E-state index is 11.9. The van der Waals surface area contributed by atoms with E-state index in [0.29, 0.717) is 12.3 Å². The summed E-state index contributed by atoms with van der Waals surface area (Å²) in [6, 6.07) is 12.3. The van der Waals surface area contributed by atoms with Crippen LogP contribution in [0.2, 0.25) is 0 Å². The van der Waals surface area contributed by atoms with E-state index in [1.54, 1.807) is 18.4 Å². The number of hydrogen-bond acceptors (Lipinski definition) is 3. The molecular formula is C19H24N2O2. The standard InChI is InChI=1S/C19H24N2O2/c1-4-15-7-9-16(10-8-15)18(21(2)3)14-20-19(22)12-11-17-6-5-13-23-17/h5-13,18H,4,14H2,1-3H3,(H,20,22)/b12-11+/t18-/m0/s1. The van der Waals surface area contributed by atoms with Crippen LogP contribution in [-0.4, -0.2) is 31.4 Å². The van der Waals surface area contributed by atoms with Crippen LogP contribution in [0.3, 0.4) is 0 Å². The van der Waals surface area contributed by atoms with Crippen molar-refractivity contribution < 1.29 is 9.21 Å². The summed E-state index contributed by atoms with van der Waals surface area (Å²) in [6.45, 7) is 2.70. The summed E-state index contributed by atoms with van der Waals surface area (Å²) in [5, 5.41) is 2.94. The fourth-order valence-electron chi connectivity index (χ4n) is 2.37. The number of carbonyl (C=O) groups is 1. The molecule has 4 nitrogen and oxygen atoms in total. The van der Waals surface area contributed by atoms with E-state index in [0.717, 1.165) is 6.42 Å². The number of hydrogen-bond donors (Lipinski definition) is 1. The zero-order valence-corrected chi connectivity index (χ0v) is 14.0. The van der Waals surface area contributed by atoms with Crippen molar-refractivity contribution >= 4 is 12.0 Å². The Morgan fingerprint density at radius 3 is 2.57 bits per heavy atom. The number of aryl methyl sites for hydroxylation is 1. The van der Waals surface area contributed by atoms with E-state index in [4.69, 9.17) is 4.42 Å². The topological polar surface area (TPSA) is 45.5 Å². The van der Waals surface area contributed by atoms with Crippen molar-refractivity contribution in [2.45, 2.75) is 19.4 Å². The highest BCUT2D eigenvalue weighted by Crippen LogP contribution is 2.18. The monoisotopic (exact) mass is 312 g/mol. The van der Waals surface area contributed by atoms with E-state index in [1.807, 2.05) is 20.2 Å². The van der Waals surface area contributed by atoms with Crippen molar-refractivity contribution in [1.29, 1.82) is 0 Å². The molecule has 0 unspecified atom stereocenters. The van der Waals surface area contributed by atoms with Gasteiger partial charge < -0.3 is 14.6 Å². The molecule has 0 spiro atoms. The summed E-state index contributed by atoms with van der Waals surface area (Å²) in [5.74, 6) is 0.540. The number of nitrogens with one attached hydrogen (secondary N) is 1. The Labute approximate surface area is 137 Å². The van der Waals surface area contributed by atoms with E-state index in [-0.39, 0.29) is 11.9 Å². The average Bonchev–Trinajstić information content (AvgIpc) is 3.07. The number of carbonyl (C=O) groups excluding carboxylic acids is 1. The van der Waals surface area contributed by atoms with Gasteiger partial charge in [-0.1, -0.05) is 31.2 Å². The molecule has 4 heteroatoms. The van der Waals surface area contributed by atoms with Crippen LogP contribution >= 0.6 is 0 Å². The fourth-order valence-corrected chi connectivity index (χ4v) is 2.37. The minimum Gasteiger partial charge on any atom is -0.465 e. The highest BCUT2D eigenvalue weighted by molar-refractivity contribution is 5.91. The van der Waals surface area contributed by atoms with Gasteiger partial charge in [-0.3, -0.25) is 4.79 Å². The van der Waals surface area contributed by atoms with Crippen LogP contribution < -0.4 is 5.32 Å². The predicted octanol–water partition coefficient (Wildman–Crippen LogP) is 3.27. The molecule has 1 amide bonds. The van der Waals surface area contributed by atoms with Crippen molar-refractivity contribution in [2.24, 2.45) is 0 Å². The van der Waals surface area contributed by atoms with Gasteiger partial charge in [-0.25, -0.2) is 0 Å². The maximum absolute atomic E-state index is 11.9. The molecule has 0 aliphatic heterocycles. The van der Waals surface area contributed by atoms with Gasteiger partial charge in [0.25, 0.3) is 0 Å². The summed E-state index contributed by atoms with van der Waals surface area (Å²) in [6.07, 6.45) is 5.77. The first-order valence-corrected chi connectivity index (χ1v) is 7.85. The Balaban J connectivity index is 1.95. The predicted molar refractivity (Wildman–Crippen MR) is 93.0 cm³/mol. The number of amides is 1. The molecule has 0 saturated carbocycles. The van der Waals surface area contributed by atoms with Gasteiger partial charge in [0.2, 0.25) is 5.91 Å². The zero-order chi connectivity index (χ0) is 16.7. The molecule has 122 valence electrons. The molecule has 2 aromatic rings. The molecule has 0 aliphatic rings. The van der Waals surface area contributed by atoms with Crippen LogP contribution in [0.25, 0.3) is 6.08 Å². The Morgan fingerprint density at radius 2 is 2.00 bits per heavy atom. The lowest BCUT2D eigenvalue weighted by Crippen LogP contribution is -2.33. The van der Waals surface area contributed by atoms with Crippen LogP contribution in [0.5, 0.6) is 0 Å². The molecule has 1 heterocycles. The minimum absolute atomic E-state index is 0.126. The largest absolute Gasteiger partial charge is 0.465 e. The van der Waals surface area contributed by atoms with E-state index in [2.05, 4.69) is 41.4 Å². The molecule has 2 rings (SSSR count). The second-order valence-electron chi connectivity index (χ2n) is 5.67. The molecule has 1 aromatic carbocycles. The van der Waals surface area contributed by atoms with Crippen molar-refractivity contribution in [1.82, 2.24) is 10.2 Å². The van der Waals surface area contributed by atoms with Gasteiger partial charge in [0.15, 0.2) is 0 Å². The Hall–Kier alpha value is -2.33. The molecule has 0 bridgehead atoms. The van der Waals surface area contributed by atoms with Gasteiger partial charge >= 0.3 is 0 Å². The molecule has 0 saturated heterocycles. The van der Waals surface area contributed by atoms with Crippen LogP contribution in [-0.2, 0) is 11.2 Å². The lowest BCUT2D eigenvalue weighted by molar-refractivity contribution is -0.116. The molecule has 23 heavy (non-hydrogen) atoms. The molecule has 0 aliphatic carbocycles. The number of likely N-dealkylation sites (N-methyl/N-ethyl adjacent to an activating group) is 1. The van der Waals surface area contributed by atoms with Gasteiger partial charge in [-0.2, -0.15) is 0 Å². The van der Waals surface area contributed by atoms with E-state index < -0.39 is 0 Å². The average molecular weight is 312 g/mol. The van der Waals surface area contributed by atoms with Gasteiger partial charge in [0, 0.05) is 12.6 Å². The van der Waals surface area contributed by atoms with Gasteiger partial charge in [-0.15, -0.1) is 0 Å². The maximum Gasteiger partial charge on any atom is 0.244 e. The van der Waals surface area contributed by atoms with Gasteiger partial charge in [0.1, 0.15) is 5.76 Å². The van der Waals surface area contributed by atoms with E-state index in [9.17, 15) is 4.79 Å². The second kappa shape index (κ2) is 8.34. The fraction of sp³-hybridized carbons (Fsp3) is 0.316. The van der Waals surface area contributed by atoms with Crippen molar-refractivity contribution in [3.63, 3.8) is 0 Å². The molecule has 1 aromatic heterocycles. The lowest BCUT2D eigenvalue weighted by Gasteiger charge is -2.25. The first kappa shape index (κ1) is 17.0. The Morgan fingerprint density at radius 1 is 1.26 bits per heavy atom. The van der Waals surface area contributed by atoms with Crippen molar-refractivity contribution in [3.8, 4) is 0 Å². The van der Waals surface area contributed by atoms with Crippen molar-refractivity contribution in [3.05, 3.63) is 65.6 Å². The van der Waals surface area contributed by atoms with E-state index >= 15 is 0 Å². The third-order valence-corrected chi connectivity index (χ3v) is 3.81. The highest BCUT2D eigenvalue weighted by atomic mass is 16.3. The first-order valence-electron chi connectivity index (χ1n) is 7.85. The third kappa shape index (κ3) is 5.11. The normalized spacial score (nSPS) is 12.7. The van der Waals surface area contributed by atoms with Crippen LogP contribution in [0.1, 0.15) is 29.9 Å². The van der Waals surface area contributed by atoms with Crippen LogP contribution in [0.15, 0.2) is 53.2 Å². The molecule has 1 N–H and O–H groups in total. The van der Waals surface area contributed by atoms with Crippen molar-refractivity contribution in [2.75, 3.05) is 20.6 Å². The lowest BCUT2D eigenvalue weighted by atomic mass is 10.0. The molecule has 0 radical (unpaired) electrons. The summed E-state index contributed by atoms with van der Waals surface area (Å²) >= 11 is 0. The zero-order valence-electron chi connectivity index (χ0n) is 14.0. The number of benzene rings is 1. The van der Waals surface area contributed by atoms with E-state index in [1.165, 1.54) is 17.2 Å². The first-order chi connectivity index (χ1) is 11.1. The summed E-state index contributed by atoms with van der Waals surface area (Å²) in [7, 11) is 4.03. The minimum atomic E-state index is -0.126. The Bertz CT molecular complexity index is 628. The summed E-state index contributed by atoms with van der Waals surface area (Å²) < 4.78 is 5.16. The van der Waals surface area contributed by atoms with Gasteiger partial charge in [0.05, 0.1) is 12.3 Å². The summed E-state index contributed by atoms with van der Waals surface area (Å²) in [4.78, 5) is 14.0. The molecule has 0 fully saturated rings. The molecular weight excluding hydrogens is 288 g/mol. The Kier molecular flexibility index (Phi) is 6.18. The number of furan rings is 1. The van der Waals surface area contributed by atoms with Crippen LogP contribution in [0.4, 0.5) is 0 Å². The number of nitrogens with zero attached hydrogens (tertiary/aromatic N) is 1. The highest BCUT2D eigenvalue weighted by Gasteiger charge is 2.14. The summed E-state index contributed by atoms with van der Waals surface area (Å²) in [5.41, 5.74) is 2.51. The number of rotatable bonds is 7. The van der Waals surface area contributed by atoms with Crippen LogP contribution in [0, 0.1) is 0 Å². The smallest absolute Gasteiger partial charge is 0.244 e. The third-order valence-electron chi connectivity index (χ3n) is 3.81.